The molecule has 0 saturated carbocycles. The number of methoxy groups -OCH3 is 6. The van der Waals surface area contributed by atoms with E-state index >= 15 is 0 Å². The Morgan fingerprint density at radius 1 is 0.426 bits per heavy atom. The summed E-state index contributed by atoms with van der Waals surface area (Å²) in [6.07, 6.45) is 2.38. The van der Waals surface area contributed by atoms with Crippen LogP contribution in [-0.4, -0.2) is 203 Å². The van der Waals surface area contributed by atoms with Gasteiger partial charge in [-0.1, -0.05) is 187 Å². The Bertz CT molecular complexity index is 6210. The quantitative estimate of drug-likeness (QED) is 0.0109. The van der Waals surface area contributed by atoms with E-state index in [0.29, 0.717) is 60.8 Å². The molecule has 41 heteroatoms. The van der Waals surface area contributed by atoms with E-state index in [1.54, 1.807) is 52.0 Å². The molecule has 8 aromatic rings. The number of amides is 10. The van der Waals surface area contributed by atoms with Gasteiger partial charge in [0.05, 0.1) is 87.5 Å². The fourth-order valence-electron chi connectivity index (χ4n) is 17.6. The lowest BCUT2D eigenvalue weighted by Crippen LogP contribution is -2.52. The number of hydrogen-bond donors (Lipinski definition) is 7. The summed E-state index contributed by atoms with van der Waals surface area (Å²) in [5, 5.41) is 22.4. The van der Waals surface area contributed by atoms with Crippen LogP contribution in [0.3, 0.4) is 0 Å². The molecule has 14 rings (SSSR count). The van der Waals surface area contributed by atoms with Crippen molar-refractivity contribution in [1.82, 2.24) is 51.1 Å². The maximum atomic E-state index is 14.2. The van der Waals surface area contributed by atoms with Gasteiger partial charge in [0.25, 0.3) is 5.91 Å². The molecule has 33 nitrogen and oxygen atoms in total. The largest absolute Gasteiger partial charge is 0.478 e. The number of aliphatic imine (C=N–C) groups is 1. The zero-order valence-corrected chi connectivity index (χ0v) is 83.8. The minimum Gasteiger partial charge on any atom is -0.478 e. The molecule has 6 aliphatic heterocycles. The van der Waals surface area contributed by atoms with Crippen LogP contribution >= 0.6 is 0 Å². The highest BCUT2D eigenvalue weighted by Crippen LogP contribution is 2.44. The fourth-order valence-corrected chi connectivity index (χ4v) is 17.6. The van der Waals surface area contributed by atoms with Gasteiger partial charge in [0.2, 0.25) is 0 Å². The van der Waals surface area contributed by atoms with Crippen molar-refractivity contribution in [3.05, 3.63) is 330 Å². The molecule has 0 radical (unpaired) electrons. The van der Waals surface area contributed by atoms with Crippen molar-refractivity contribution in [1.29, 1.82) is 0 Å². The Hall–Kier alpha value is -15.7. The van der Waals surface area contributed by atoms with Gasteiger partial charge in [-0.15, -0.1) is 0 Å². The van der Waals surface area contributed by atoms with E-state index < -0.39 is 142 Å². The van der Waals surface area contributed by atoms with Gasteiger partial charge < -0.3 is 85.1 Å². The van der Waals surface area contributed by atoms with Gasteiger partial charge >= 0.3 is 72.2 Å². The third-order valence-corrected chi connectivity index (χ3v) is 25.0. The van der Waals surface area contributed by atoms with Crippen LogP contribution in [0.5, 0.6) is 0 Å². The first kappa shape index (κ1) is 116. The van der Waals surface area contributed by atoms with Gasteiger partial charge in [-0.2, -0.15) is 0 Å². The first-order valence-electron chi connectivity index (χ1n) is 47.6. The number of piperidine rings is 2. The first-order valence-corrected chi connectivity index (χ1v) is 47.6. The van der Waals surface area contributed by atoms with Crippen LogP contribution in [0.25, 0.3) is 0 Å². The Balaban J connectivity index is 0.000000210. The molecule has 4 atom stereocenters. The molecule has 4 unspecified atom stereocenters. The molecule has 0 aromatic heterocycles. The van der Waals surface area contributed by atoms with Crippen LogP contribution in [0.15, 0.2) is 244 Å². The molecule has 8 N–H and O–H groups in total. The van der Waals surface area contributed by atoms with E-state index in [4.69, 9.17) is 38.9 Å². The zero-order valence-electron chi connectivity index (χ0n) is 83.8. The summed E-state index contributed by atoms with van der Waals surface area (Å²) in [5.41, 5.74) is 9.16. The summed E-state index contributed by atoms with van der Waals surface area (Å²) in [6, 6.07) is 42.4. The number of nitrogens with zero attached hydrogens (tertiary/aromatic N) is 6. The van der Waals surface area contributed by atoms with Crippen molar-refractivity contribution in [3.8, 4) is 0 Å². The minimum atomic E-state index is -1.45. The zero-order chi connectivity index (χ0) is 108. The van der Waals surface area contributed by atoms with Crippen LogP contribution in [0, 0.1) is 46.5 Å². The van der Waals surface area contributed by atoms with E-state index in [1.165, 1.54) is 39.5 Å². The van der Waals surface area contributed by atoms with Gasteiger partial charge in [-0.25, -0.2) is 98.0 Å². The number of halogens is 8. The second kappa shape index (κ2) is 55.6. The normalized spacial score (nSPS) is 17.3. The van der Waals surface area contributed by atoms with Gasteiger partial charge in [-0.05, 0) is 203 Å². The average Bonchev–Trinajstić information content (AvgIpc) is 0.763. The maximum Gasteiger partial charge on any atom is 0.418 e. The topological polar surface area (TPSA) is 414 Å². The van der Waals surface area contributed by atoms with Crippen molar-refractivity contribution in [2.45, 2.75) is 154 Å². The molecule has 148 heavy (non-hydrogen) atoms. The van der Waals surface area contributed by atoms with Crippen LogP contribution in [-0.2, 0) is 90.7 Å². The number of hydrogen-bond acceptors (Lipinski definition) is 24. The third-order valence-electron chi connectivity index (χ3n) is 25.0. The number of carbonyl (C=O) groups is 12. The van der Waals surface area contributed by atoms with E-state index in [-0.39, 0.29) is 119 Å². The monoisotopic (exact) mass is 2060 g/mol. The van der Waals surface area contributed by atoms with Gasteiger partial charge in [0.15, 0.2) is 46.5 Å². The van der Waals surface area contributed by atoms with Crippen molar-refractivity contribution in [3.63, 3.8) is 0 Å². The fraction of sp³-hybridized carbons (Fsp3) is 0.355. The maximum absolute atomic E-state index is 14.2. The summed E-state index contributed by atoms with van der Waals surface area (Å²) >= 11 is 0. The average molecular weight is 2060 g/mol. The lowest BCUT2D eigenvalue weighted by Gasteiger charge is -2.40. The third kappa shape index (κ3) is 28.4. The SMILES string of the molecule is CC.CCC1=C(C(=O)NCCCN2CCC(C(=O)OC)(c3ccccc3)CC2)C(c2ccc(F)c(F)c2)N(C(=O)OC)C(=O)N1.CCC1=C(C(=O)O)C(c2ccc(F)c(F)c2)N(C(=O)OC)C(=O)N1.CCC1=C(C(=O)OCc2ccccc2)C(c2ccc(F)c(F)c2)N(C(=O)OC)C(OC)=N1.CCC1=C(C(=O)OCc2ccccc2)C(c2ccc(F)c(F)c2)NC(=O)N1.COC(=O)C1(c2ccccc2)CCN(CCCN)CC1. The highest BCUT2D eigenvalue weighted by atomic mass is 19.2. The molecule has 8 aromatic carbocycles. The molecular weight excluding hydrogens is 1940 g/mol. The van der Waals surface area contributed by atoms with E-state index in [2.05, 4.69) is 46.1 Å². The van der Waals surface area contributed by atoms with Crippen LogP contribution in [0.4, 0.5) is 63.9 Å². The second-order valence-electron chi connectivity index (χ2n) is 33.6. The summed E-state index contributed by atoms with van der Waals surface area (Å²) < 4.78 is 150. The van der Waals surface area contributed by atoms with Crippen molar-refractivity contribution < 1.29 is 136 Å². The van der Waals surface area contributed by atoms with Crippen LogP contribution in [0.2, 0.25) is 0 Å². The highest BCUT2D eigenvalue weighted by Gasteiger charge is 2.50. The molecule has 2 fully saturated rings. The Morgan fingerprint density at radius 2 is 0.777 bits per heavy atom. The van der Waals surface area contributed by atoms with Crippen LogP contribution < -0.4 is 32.3 Å². The number of allylic oxidation sites excluding steroid dienone is 4. The number of likely N-dealkylation sites (tertiary alicyclic amines) is 2. The number of carbonyl (C=O) groups excluding carboxylic acids is 11. The molecule has 2 saturated heterocycles. The molecular formula is C107H120F8N12O21. The lowest BCUT2D eigenvalue weighted by atomic mass is 9.72. The molecule has 0 bridgehead atoms. The van der Waals surface area contributed by atoms with Gasteiger partial charge in [-0.3, -0.25) is 14.4 Å². The number of amidine groups is 1. The molecule has 10 amide bonds. The predicted octanol–water partition coefficient (Wildman–Crippen LogP) is 17.5. The Labute approximate surface area is 850 Å². The molecule has 6 aliphatic rings. The number of nitrogens with two attached hydrogens (primary N) is 1. The molecule has 6 heterocycles. The number of ether oxygens (including phenoxy) is 8. The van der Waals surface area contributed by atoms with E-state index in [1.807, 2.05) is 111 Å². The number of aliphatic carboxylic acids is 1. The molecule has 790 valence electrons. The van der Waals surface area contributed by atoms with Gasteiger partial charge in [0, 0.05) is 23.6 Å². The van der Waals surface area contributed by atoms with Crippen LogP contribution in [0.1, 0.15) is 174 Å². The molecule has 0 spiro atoms. The smallest absolute Gasteiger partial charge is 0.418 e. The Kier molecular flexibility index (Phi) is 43.5. The number of nitrogens with one attached hydrogen (secondary N) is 5. The minimum absolute atomic E-state index is 0.000592. The summed E-state index contributed by atoms with van der Waals surface area (Å²) in [4.78, 5) is 161. The van der Waals surface area contributed by atoms with E-state index in [0.717, 1.165) is 149 Å². The number of benzene rings is 8. The van der Waals surface area contributed by atoms with Crippen molar-refractivity contribution >= 4 is 78.1 Å². The lowest BCUT2D eigenvalue weighted by molar-refractivity contribution is -0.150. The number of carboxylic acid groups (broad SMARTS) is 1. The standard InChI is InChI=1S/C31H36F2N4O6.C23H22F2N2O5.C20H18F2N2O3.C16H24N2O2.C15H14F2N2O5.C2H6/c1-4-24-25(26(20-11-12-22(32)23(33)19-20)37(29(40)35-24)30(41)43-3)27(38)34-15-8-16-36-17-13-31(14-18-36,28(39)42-2)21-9-6-5-7-10-21;1-4-18-19(21(28)32-13-14-8-6-5-7-9-14)20(15-10-11-16(24)17(25)12-15)27(23(29)31-3)22(26-18)30-2;1-2-16-17(19(25)27-11-12-6-4-3-5-7-12)18(24-20(26)23-16)13-8-9-14(21)15(22)10-13;1-20-15(19)16(14-6-3-2-4-7-14)8-12-18(13-9-16)11-5-10-17;1-3-10-11(13(20)21)12(7-4-5-8(16)9(17)6-7)19(14(22)18-10)15(23)24-2;1-2/h5-7,9-12,19,26H,4,8,13-18H2,1-3H3,(H,34,38)(H,35,40);5-12,20H,4,13H2,1-3H3;3-10,18H,2,11H2,1H3,(H2,23,24,26);2-4,6-7H,5,8-13,17H2,1H3;4-6,12H,3H2,1-2H3,(H,18,22)(H,20,21);1-2H3. The summed E-state index contributed by atoms with van der Waals surface area (Å²) in [6.45, 7) is 16.7. The second-order valence-corrected chi connectivity index (χ2v) is 33.6. The number of carboxylic acids is 1. The summed E-state index contributed by atoms with van der Waals surface area (Å²) in [7, 11) is 7.41. The number of rotatable bonds is 27. The first-order chi connectivity index (χ1) is 71.1. The van der Waals surface area contributed by atoms with E-state index in [9.17, 15) is 97.8 Å². The van der Waals surface area contributed by atoms with Crippen molar-refractivity contribution in [2.24, 2.45) is 10.7 Å². The number of urea groups is 3. The summed E-state index contributed by atoms with van der Waals surface area (Å²) in [5.74, 6) is -12.7. The Morgan fingerprint density at radius 3 is 1.14 bits per heavy atom. The highest BCUT2D eigenvalue weighted by molar-refractivity contribution is 6.04. The van der Waals surface area contributed by atoms with Crippen molar-refractivity contribution in [2.75, 3.05) is 95.0 Å². The molecule has 0 aliphatic carbocycles. The number of esters is 4. The number of imide groups is 2. The predicted molar refractivity (Wildman–Crippen MR) is 526 cm³/mol. The van der Waals surface area contributed by atoms with Gasteiger partial charge in [0.1, 0.15) is 31.3 Å².